The summed E-state index contributed by atoms with van der Waals surface area (Å²) in [5.74, 6) is 0.527. The lowest BCUT2D eigenvalue weighted by molar-refractivity contribution is -0.160. The predicted molar refractivity (Wildman–Crippen MR) is 144 cm³/mol. The van der Waals surface area contributed by atoms with Gasteiger partial charge < -0.3 is 9.47 Å². The van der Waals surface area contributed by atoms with E-state index < -0.39 is 13.5 Å². The molecule has 186 valence electrons. The maximum absolute atomic E-state index is 14.0. The Morgan fingerprint density at radius 2 is 1.74 bits per heavy atom. The van der Waals surface area contributed by atoms with Crippen LogP contribution in [-0.2, 0) is 14.9 Å². The van der Waals surface area contributed by atoms with Crippen molar-refractivity contribution in [3.8, 4) is 5.75 Å². The van der Waals surface area contributed by atoms with Crippen LogP contribution in [0.3, 0.4) is 0 Å². The lowest BCUT2D eigenvalue weighted by atomic mass is 9.49. The lowest BCUT2D eigenvalue weighted by Gasteiger charge is -2.53. The van der Waals surface area contributed by atoms with Gasteiger partial charge in [0.2, 0.25) is 0 Å². The van der Waals surface area contributed by atoms with E-state index in [0.717, 1.165) is 52.8 Å². The summed E-state index contributed by atoms with van der Waals surface area (Å²) in [6.45, 7) is 11.2. The van der Waals surface area contributed by atoms with Crippen LogP contribution in [0.4, 0.5) is 0 Å². The molecule has 1 fully saturated rings. The van der Waals surface area contributed by atoms with Crippen LogP contribution in [-0.4, -0.2) is 34.0 Å². The third kappa shape index (κ3) is 4.39. The number of hydrogen-bond acceptors (Lipinski definition) is 4. The number of benzene rings is 2. The van der Waals surface area contributed by atoms with Gasteiger partial charge in [-0.15, -0.1) is 0 Å². The molecule has 0 heterocycles. The van der Waals surface area contributed by atoms with Gasteiger partial charge in [0, 0.05) is 12.0 Å². The summed E-state index contributed by atoms with van der Waals surface area (Å²) in [6, 6.07) is 14.4. The smallest absolute Gasteiger partial charge is 0.311 e. The van der Waals surface area contributed by atoms with Gasteiger partial charge in [-0.05, 0) is 65.5 Å². The second kappa shape index (κ2) is 9.09. The van der Waals surface area contributed by atoms with Crippen LogP contribution in [0.2, 0.25) is 19.6 Å². The maximum Gasteiger partial charge on any atom is 0.311 e. The standard InChI is InChI=1S/C30H38O4Si/c1-29-14-11-15-30(2,28(32)34-4)26(29)18-25(31)27-22(16-21(33-3)17-24(27)29)23(19-35(5,6)7)20-12-9-8-10-13-20/h8-10,12-13,16-17,19,26H,11,14-15,18H2,1-7H3/b23-19+/t26?,29-,30+/m1/s1. The van der Waals surface area contributed by atoms with Crippen molar-refractivity contribution in [2.45, 2.75) is 64.6 Å². The van der Waals surface area contributed by atoms with Crippen molar-refractivity contribution in [3.63, 3.8) is 0 Å². The molecule has 1 saturated carbocycles. The van der Waals surface area contributed by atoms with E-state index in [2.05, 4.69) is 44.4 Å². The van der Waals surface area contributed by atoms with E-state index in [4.69, 9.17) is 9.47 Å². The van der Waals surface area contributed by atoms with Gasteiger partial charge in [-0.2, -0.15) is 0 Å². The van der Waals surface area contributed by atoms with E-state index in [1.807, 2.05) is 37.3 Å². The number of ketones is 1. The molecular weight excluding hydrogens is 452 g/mol. The highest BCUT2D eigenvalue weighted by Crippen LogP contribution is 2.58. The average Bonchev–Trinajstić information content (AvgIpc) is 2.83. The SMILES string of the molecule is COC(=O)[C@@]1(C)CCC[C@]2(C)c3cc(OC)cc(/C(=C/[Si](C)(C)C)c4ccccc4)c3C(=O)CC12. The first-order valence-corrected chi connectivity index (χ1v) is 16.1. The Morgan fingerprint density at radius 3 is 2.34 bits per heavy atom. The van der Waals surface area contributed by atoms with Crippen LogP contribution < -0.4 is 4.74 Å². The molecule has 2 aromatic rings. The van der Waals surface area contributed by atoms with Crippen LogP contribution in [0, 0.1) is 11.3 Å². The summed E-state index contributed by atoms with van der Waals surface area (Å²) in [5.41, 5.74) is 6.34. The van der Waals surface area contributed by atoms with Crippen molar-refractivity contribution < 1.29 is 19.1 Å². The van der Waals surface area contributed by atoms with E-state index in [0.29, 0.717) is 6.42 Å². The second-order valence-corrected chi connectivity index (χ2v) is 16.8. The Hall–Kier alpha value is -2.66. The Labute approximate surface area is 210 Å². The molecule has 3 atom stereocenters. The molecule has 0 aromatic heterocycles. The monoisotopic (exact) mass is 490 g/mol. The molecule has 0 spiro atoms. The highest BCUT2D eigenvalue weighted by molar-refractivity contribution is 6.81. The second-order valence-electron chi connectivity index (χ2n) is 11.7. The van der Waals surface area contributed by atoms with Gasteiger partial charge in [0.25, 0.3) is 0 Å². The third-order valence-electron chi connectivity index (χ3n) is 8.17. The zero-order chi connectivity index (χ0) is 25.6. The molecule has 1 unspecified atom stereocenters. The quantitative estimate of drug-likeness (QED) is 0.341. The number of ether oxygens (including phenoxy) is 2. The summed E-state index contributed by atoms with van der Waals surface area (Å²) in [4.78, 5) is 27.0. The molecule has 0 amide bonds. The number of fused-ring (bicyclic) bond motifs is 3. The van der Waals surface area contributed by atoms with Crippen molar-refractivity contribution in [3.05, 3.63) is 70.4 Å². The Kier molecular flexibility index (Phi) is 6.60. The van der Waals surface area contributed by atoms with Gasteiger partial charge in [-0.3, -0.25) is 9.59 Å². The van der Waals surface area contributed by atoms with E-state index >= 15 is 0 Å². The van der Waals surface area contributed by atoms with Gasteiger partial charge in [0.05, 0.1) is 27.7 Å². The minimum atomic E-state index is -1.65. The van der Waals surface area contributed by atoms with Crippen LogP contribution in [0.15, 0.2) is 48.2 Å². The summed E-state index contributed by atoms with van der Waals surface area (Å²) < 4.78 is 11.0. The molecule has 5 heteroatoms. The van der Waals surface area contributed by atoms with Crippen molar-refractivity contribution in [2.24, 2.45) is 11.3 Å². The molecule has 4 rings (SSSR count). The number of esters is 1. The van der Waals surface area contributed by atoms with Crippen LogP contribution in [0.25, 0.3) is 5.57 Å². The fraction of sp³-hybridized carbons (Fsp3) is 0.467. The molecule has 2 aromatic carbocycles. The molecular formula is C30H38O4Si. The molecule has 0 bridgehead atoms. The minimum Gasteiger partial charge on any atom is -0.497 e. The molecule has 0 saturated heterocycles. The van der Waals surface area contributed by atoms with Crippen molar-refractivity contribution in [2.75, 3.05) is 14.2 Å². The first-order valence-electron chi connectivity index (χ1n) is 12.6. The van der Waals surface area contributed by atoms with Gasteiger partial charge in [-0.1, -0.05) is 69.0 Å². The number of rotatable bonds is 5. The molecule has 0 radical (unpaired) electrons. The zero-order valence-electron chi connectivity index (χ0n) is 22.2. The summed E-state index contributed by atoms with van der Waals surface area (Å²) in [6.07, 6.45) is 2.93. The Balaban J connectivity index is 2.01. The van der Waals surface area contributed by atoms with Gasteiger partial charge in [-0.25, -0.2) is 0 Å². The van der Waals surface area contributed by atoms with Crippen molar-refractivity contribution in [1.82, 2.24) is 0 Å². The van der Waals surface area contributed by atoms with Crippen LogP contribution in [0.1, 0.15) is 66.6 Å². The normalized spacial score (nSPS) is 26.5. The summed E-state index contributed by atoms with van der Waals surface area (Å²) >= 11 is 0. The number of hydrogen-bond donors (Lipinski definition) is 0. The molecule has 35 heavy (non-hydrogen) atoms. The molecule has 2 aliphatic carbocycles. The van der Waals surface area contributed by atoms with E-state index in [9.17, 15) is 9.59 Å². The fourth-order valence-electron chi connectivity index (χ4n) is 6.48. The largest absolute Gasteiger partial charge is 0.497 e. The summed E-state index contributed by atoms with van der Waals surface area (Å²) in [7, 11) is 1.48. The van der Waals surface area contributed by atoms with Gasteiger partial charge in [0.15, 0.2) is 5.78 Å². The minimum absolute atomic E-state index is 0.106. The van der Waals surface area contributed by atoms with E-state index in [-0.39, 0.29) is 23.1 Å². The Bertz CT molecular complexity index is 1180. The van der Waals surface area contributed by atoms with Crippen molar-refractivity contribution >= 4 is 25.4 Å². The first-order chi connectivity index (χ1) is 16.4. The number of carbonyl (C=O) groups excluding carboxylic acids is 2. The first kappa shape index (κ1) is 25.4. The summed E-state index contributed by atoms with van der Waals surface area (Å²) in [5, 5.41) is 0. The number of carbonyl (C=O) groups is 2. The zero-order valence-corrected chi connectivity index (χ0v) is 23.2. The maximum atomic E-state index is 14.0. The highest BCUT2D eigenvalue weighted by Gasteiger charge is 2.57. The average molecular weight is 491 g/mol. The van der Waals surface area contributed by atoms with E-state index in [1.165, 1.54) is 7.11 Å². The molecule has 4 nitrogen and oxygen atoms in total. The van der Waals surface area contributed by atoms with E-state index in [1.54, 1.807) is 7.11 Å². The van der Waals surface area contributed by atoms with Crippen LogP contribution in [0.5, 0.6) is 5.75 Å². The number of Topliss-reactive ketones (excluding diaryl/α,β-unsaturated/α-hetero) is 1. The third-order valence-corrected chi connectivity index (χ3v) is 9.32. The fourth-order valence-corrected chi connectivity index (χ4v) is 7.66. The molecule has 2 aliphatic rings. The van der Waals surface area contributed by atoms with Crippen LogP contribution >= 0.6 is 0 Å². The van der Waals surface area contributed by atoms with Gasteiger partial charge >= 0.3 is 5.97 Å². The predicted octanol–water partition coefficient (Wildman–Crippen LogP) is 6.83. The Morgan fingerprint density at radius 1 is 1.06 bits per heavy atom. The number of methoxy groups -OCH3 is 2. The molecule has 0 N–H and O–H groups in total. The lowest BCUT2D eigenvalue weighted by Crippen LogP contribution is -2.54. The van der Waals surface area contributed by atoms with Crippen molar-refractivity contribution in [1.29, 1.82) is 0 Å². The van der Waals surface area contributed by atoms with Gasteiger partial charge in [0.1, 0.15) is 5.75 Å². The highest BCUT2D eigenvalue weighted by atomic mass is 28.3. The topological polar surface area (TPSA) is 52.6 Å². The molecule has 0 aliphatic heterocycles.